The fourth-order valence-electron chi connectivity index (χ4n) is 3.15. The van der Waals surface area contributed by atoms with E-state index in [1.807, 2.05) is 13.0 Å². The third kappa shape index (κ3) is 1.25. The topological polar surface area (TPSA) is 20.2 Å². The van der Waals surface area contributed by atoms with E-state index in [1.165, 1.54) is 32.5 Å². The predicted molar refractivity (Wildman–Crippen MR) is 81.3 cm³/mol. The molecular formula is C18H14O. The van der Waals surface area contributed by atoms with E-state index in [-0.39, 0.29) is 0 Å². The smallest absolute Gasteiger partial charge is 0.126 e. The molecule has 1 heteroatoms. The van der Waals surface area contributed by atoms with Gasteiger partial charge in [-0.15, -0.1) is 0 Å². The van der Waals surface area contributed by atoms with Gasteiger partial charge in [-0.05, 0) is 58.7 Å². The molecule has 0 saturated carbocycles. The minimum Gasteiger partial charge on any atom is -0.507 e. The zero-order valence-corrected chi connectivity index (χ0v) is 11.0. The summed E-state index contributed by atoms with van der Waals surface area (Å²) >= 11 is 0. The molecule has 0 aliphatic carbocycles. The van der Waals surface area contributed by atoms with Crippen molar-refractivity contribution in [3.63, 3.8) is 0 Å². The molecule has 0 radical (unpaired) electrons. The molecule has 0 bridgehead atoms. The summed E-state index contributed by atoms with van der Waals surface area (Å²) in [5.41, 5.74) is 2.21. The van der Waals surface area contributed by atoms with Crippen LogP contribution >= 0.6 is 0 Å². The Morgan fingerprint density at radius 1 is 0.684 bits per heavy atom. The van der Waals surface area contributed by atoms with Crippen LogP contribution in [0.2, 0.25) is 0 Å². The summed E-state index contributed by atoms with van der Waals surface area (Å²) in [7, 11) is 0. The highest BCUT2D eigenvalue weighted by atomic mass is 16.3. The first-order chi connectivity index (χ1) is 9.16. The van der Waals surface area contributed by atoms with E-state index in [9.17, 15) is 5.11 Å². The average molecular weight is 246 g/mol. The molecule has 1 N–H and O–H groups in total. The van der Waals surface area contributed by atoms with Gasteiger partial charge in [-0.2, -0.15) is 0 Å². The van der Waals surface area contributed by atoms with Crippen LogP contribution in [0.15, 0.2) is 42.5 Å². The lowest BCUT2D eigenvalue weighted by Gasteiger charge is -2.14. The normalized spacial score (nSPS) is 11.9. The van der Waals surface area contributed by atoms with Crippen molar-refractivity contribution in [3.05, 3.63) is 53.6 Å². The third-order valence-corrected chi connectivity index (χ3v) is 4.16. The van der Waals surface area contributed by atoms with Gasteiger partial charge >= 0.3 is 0 Å². The van der Waals surface area contributed by atoms with E-state index < -0.39 is 0 Å². The molecular weight excluding hydrogens is 232 g/mol. The Morgan fingerprint density at radius 3 is 2.16 bits per heavy atom. The van der Waals surface area contributed by atoms with Crippen molar-refractivity contribution in [1.82, 2.24) is 0 Å². The van der Waals surface area contributed by atoms with E-state index in [2.05, 4.69) is 43.3 Å². The number of hydrogen-bond donors (Lipinski definition) is 1. The van der Waals surface area contributed by atoms with E-state index >= 15 is 0 Å². The monoisotopic (exact) mass is 246 g/mol. The lowest BCUT2D eigenvalue weighted by Crippen LogP contribution is -1.88. The second-order valence-corrected chi connectivity index (χ2v) is 5.35. The molecule has 4 rings (SSSR count). The number of aryl methyl sites for hydroxylation is 2. The molecule has 92 valence electrons. The van der Waals surface area contributed by atoms with Gasteiger partial charge in [0.1, 0.15) is 5.75 Å². The molecule has 0 aliphatic rings. The first-order valence-electron chi connectivity index (χ1n) is 6.53. The molecule has 0 saturated heterocycles. The van der Waals surface area contributed by atoms with Gasteiger partial charge in [-0.3, -0.25) is 0 Å². The van der Waals surface area contributed by atoms with Gasteiger partial charge in [-0.25, -0.2) is 0 Å². The summed E-state index contributed by atoms with van der Waals surface area (Å²) in [6.07, 6.45) is 0. The summed E-state index contributed by atoms with van der Waals surface area (Å²) in [5, 5.41) is 17.4. The van der Waals surface area contributed by atoms with Crippen molar-refractivity contribution in [2.24, 2.45) is 0 Å². The summed E-state index contributed by atoms with van der Waals surface area (Å²) < 4.78 is 0. The summed E-state index contributed by atoms with van der Waals surface area (Å²) in [6.45, 7) is 4.09. The molecule has 0 heterocycles. The molecule has 0 aliphatic heterocycles. The standard InChI is InChI=1S/C18H14O/c1-10-3-4-12-5-6-13-9-11(2)18(19)15-8-7-14(10)16(12)17(13)15/h3-9,19H,1-2H3. The van der Waals surface area contributed by atoms with Gasteiger partial charge in [-0.1, -0.05) is 30.3 Å². The Morgan fingerprint density at radius 2 is 1.32 bits per heavy atom. The maximum absolute atomic E-state index is 10.3. The number of phenolic OH excluding ortho intramolecular Hbond substituents is 1. The summed E-state index contributed by atoms with van der Waals surface area (Å²) in [6, 6.07) is 14.9. The first-order valence-corrected chi connectivity index (χ1v) is 6.53. The van der Waals surface area contributed by atoms with Crippen LogP contribution in [0.4, 0.5) is 0 Å². The van der Waals surface area contributed by atoms with Gasteiger partial charge in [0.05, 0.1) is 0 Å². The SMILES string of the molecule is Cc1cc2ccc3ccc(C)c4ccc(c1O)c2c34. The third-order valence-electron chi connectivity index (χ3n) is 4.16. The molecule has 0 spiro atoms. The maximum Gasteiger partial charge on any atom is 0.126 e. The Bertz CT molecular complexity index is 935. The summed E-state index contributed by atoms with van der Waals surface area (Å²) in [5.74, 6) is 0.406. The molecule has 19 heavy (non-hydrogen) atoms. The molecule has 1 nitrogen and oxygen atoms in total. The molecule has 4 aromatic carbocycles. The zero-order chi connectivity index (χ0) is 13.1. The number of rotatable bonds is 0. The van der Waals surface area contributed by atoms with Crippen LogP contribution < -0.4 is 0 Å². The van der Waals surface area contributed by atoms with Crippen molar-refractivity contribution in [3.8, 4) is 5.75 Å². The Kier molecular flexibility index (Phi) is 1.89. The molecule has 0 amide bonds. The molecule has 0 fully saturated rings. The Hall–Kier alpha value is -2.28. The molecule has 0 aromatic heterocycles. The fraction of sp³-hybridized carbons (Fsp3) is 0.111. The number of phenols is 1. The van der Waals surface area contributed by atoms with Crippen LogP contribution in [0.1, 0.15) is 11.1 Å². The summed E-state index contributed by atoms with van der Waals surface area (Å²) in [4.78, 5) is 0. The lowest BCUT2D eigenvalue weighted by atomic mass is 9.91. The Labute approximate surface area is 111 Å². The lowest BCUT2D eigenvalue weighted by molar-refractivity contribution is 0.478. The van der Waals surface area contributed by atoms with Crippen LogP contribution in [0.5, 0.6) is 5.75 Å². The van der Waals surface area contributed by atoms with E-state index in [0.29, 0.717) is 5.75 Å². The van der Waals surface area contributed by atoms with Gasteiger partial charge in [0.2, 0.25) is 0 Å². The second-order valence-electron chi connectivity index (χ2n) is 5.35. The van der Waals surface area contributed by atoms with E-state index in [4.69, 9.17) is 0 Å². The number of aromatic hydroxyl groups is 1. The van der Waals surface area contributed by atoms with Crippen LogP contribution in [0, 0.1) is 13.8 Å². The van der Waals surface area contributed by atoms with Crippen LogP contribution in [-0.2, 0) is 0 Å². The highest BCUT2D eigenvalue weighted by Crippen LogP contribution is 2.40. The van der Waals surface area contributed by atoms with Crippen molar-refractivity contribution in [1.29, 1.82) is 0 Å². The maximum atomic E-state index is 10.3. The fourth-order valence-corrected chi connectivity index (χ4v) is 3.15. The van der Waals surface area contributed by atoms with Gasteiger partial charge in [0, 0.05) is 10.8 Å². The van der Waals surface area contributed by atoms with Crippen molar-refractivity contribution >= 4 is 32.3 Å². The highest BCUT2D eigenvalue weighted by molar-refractivity contribution is 6.24. The van der Waals surface area contributed by atoms with Crippen molar-refractivity contribution in [2.75, 3.05) is 0 Å². The number of benzene rings is 4. The molecule has 0 atom stereocenters. The second kappa shape index (κ2) is 3.39. The minimum atomic E-state index is 0.406. The van der Waals surface area contributed by atoms with E-state index in [1.54, 1.807) is 0 Å². The predicted octanol–water partition coefficient (Wildman–Crippen LogP) is 4.91. The zero-order valence-electron chi connectivity index (χ0n) is 11.0. The van der Waals surface area contributed by atoms with Crippen molar-refractivity contribution in [2.45, 2.75) is 13.8 Å². The largest absolute Gasteiger partial charge is 0.507 e. The van der Waals surface area contributed by atoms with Crippen molar-refractivity contribution < 1.29 is 5.11 Å². The van der Waals surface area contributed by atoms with Gasteiger partial charge < -0.3 is 5.11 Å². The molecule has 4 aromatic rings. The first kappa shape index (κ1) is 10.6. The van der Waals surface area contributed by atoms with Crippen LogP contribution in [0.25, 0.3) is 32.3 Å². The molecule has 0 unspecified atom stereocenters. The van der Waals surface area contributed by atoms with Gasteiger partial charge in [0.25, 0.3) is 0 Å². The highest BCUT2D eigenvalue weighted by Gasteiger charge is 2.13. The van der Waals surface area contributed by atoms with E-state index in [0.717, 1.165) is 10.9 Å². The average Bonchev–Trinajstić information content (AvgIpc) is 2.42. The minimum absolute atomic E-state index is 0.406. The van der Waals surface area contributed by atoms with Crippen LogP contribution in [-0.4, -0.2) is 5.11 Å². The van der Waals surface area contributed by atoms with Crippen LogP contribution in [0.3, 0.4) is 0 Å². The quantitative estimate of drug-likeness (QED) is 0.437. The van der Waals surface area contributed by atoms with Gasteiger partial charge in [0.15, 0.2) is 0 Å². The Balaban J connectivity index is 2.44. The number of hydrogen-bond acceptors (Lipinski definition) is 1.